The van der Waals surface area contributed by atoms with Crippen molar-refractivity contribution in [2.75, 3.05) is 4.90 Å². The van der Waals surface area contributed by atoms with E-state index in [0.717, 1.165) is 56.2 Å². The molecule has 0 unspecified atom stereocenters. The molecule has 0 fully saturated rings. The monoisotopic (exact) mass is 729 g/mol. The number of nitrogens with zero attached hydrogens (tertiary/aromatic N) is 1. The van der Waals surface area contributed by atoms with Crippen LogP contribution < -0.4 is 9.64 Å². The van der Waals surface area contributed by atoms with Crippen LogP contribution in [0.4, 0.5) is 17.1 Å². The number of hydrogen-bond donors (Lipinski definition) is 0. The van der Waals surface area contributed by atoms with Crippen molar-refractivity contribution >= 4 is 27.8 Å². The topological polar surface area (TPSA) is 12.5 Å². The Morgan fingerprint density at radius 3 is 1.81 bits per heavy atom. The van der Waals surface area contributed by atoms with Crippen LogP contribution in [0.15, 0.2) is 200 Å². The molecule has 2 nitrogen and oxygen atoms in total. The first-order chi connectivity index (χ1) is 28.0. The highest BCUT2D eigenvalue weighted by atomic mass is 16.5. The molecule has 2 aliphatic rings. The Bertz CT molecular complexity index is 3020. The van der Waals surface area contributed by atoms with Gasteiger partial charge in [0.15, 0.2) is 5.75 Å². The largest absolute Gasteiger partial charge is 0.454 e. The molecule has 1 heterocycles. The molecule has 1 aliphatic carbocycles. The summed E-state index contributed by atoms with van der Waals surface area (Å²) in [5.74, 6) is 1.67. The zero-order valence-electron chi connectivity index (χ0n) is 31.9. The smallest absolute Gasteiger partial charge is 0.159 e. The summed E-state index contributed by atoms with van der Waals surface area (Å²) < 4.78 is 7.40. The van der Waals surface area contributed by atoms with Gasteiger partial charge in [-0.2, -0.15) is 0 Å². The van der Waals surface area contributed by atoms with E-state index in [0.29, 0.717) is 0 Å². The molecule has 270 valence electrons. The van der Waals surface area contributed by atoms with E-state index < -0.39 is 0 Å². The predicted octanol–water partition coefficient (Wildman–Crippen LogP) is 15.4. The minimum Gasteiger partial charge on any atom is -0.454 e. The third-order valence-electron chi connectivity index (χ3n) is 12.0. The van der Waals surface area contributed by atoms with Gasteiger partial charge in [-0.25, -0.2) is 0 Å². The molecule has 9 aromatic carbocycles. The van der Waals surface area contributed by atoms with Crippen LogP contribution in [-0.4, -0.2) is 0 Å². The Morgan fingerprint density at radius 1 is 0.386 bits per heavy atom. The highest BCUT2D eigenvalue weighted by molar-refractivity contribution is 6.04. The van der Waals surface area contributed by atoms with Crippen molar-refractivity contribution in [1.29, 1.82) is 0 Å². The van der Waals surface area contributed by atoms with Crippen LogP contribution in [0.1, 0.15) is 25.0 Å². The molecule has 0 spiro atoms. The van der Waals surface area contributed by atoms with Crippen molar-refractivity contribution in [3.05, 3.63) is 211 Å². The van der Waals surface area contributed by atoms with Gasteiger partial charge in [0.2, 0.25) is 0 Å². The SMILES string of the molecule is CC1(C)c2ccccc2-c2ccc(N(c3cccc(-c4ccccc4)c3)c3cccc4c3Oc3cc5ccccc5cc3-c3c(-c5ccccc5)cccc3-4)cc21. The maximum absolute atomic E-state index is 7.40. The fourth-order valence-corrected chi connectivity index (χ4v) is 9.27. The Hall–Kier alpha value is -7.16. The van der Waals surface area contributed by atoms with E-state index in [2.05, 4.69) is 219 Å². The molecule has 0 N–H and O–H groups in total. The molecule has 2 heteroatoms. The van der Waals surface area contributed by atoms with Gasteiger partial charge in [-0.15, -0.1) is 0 Å². The average molecular weight is 730 g/mol. The number of benzene rings is 9. The van der Waals surface area contributed by atoms with Gasteiger partial charge in [0.1, 0.15) is 5.75 Å². The predicted molar refractivity (Wildman–Crippen MR) is 238 cm³/mol. The number of anilines is 3. The fourth-order valence-electron chi connectivity index (χ4n) is 9.27. The summed E-state index contributed by atoms with van der Waals surface area (Å²) in [7, 11) is 0. The van der Waals surface area contributed by atoms with Crippen molar-refractivity contribution in [2.45, 2.75) is 19.3 Å². The minimum atomic E-state index is -0.156. The van der Waals surface area contributed by atoms with Crippen LogP contribution in [0.25, 0.3) is 66.4 Å². The lowest BCUT2D eigenvalue weighted by molar-refractivity contribution is 0.489. The van der Waals surface area contributed by atoms with Gasteiger partial charge in [-0.1, -0.05) is 172 Å². The molecule has 0 amide bonds. The van der Waals surface area contributed by atoms with E-state index in [1.54, 1.807) is 0 Å². The highest BCUT2D eigenvalue weighted by Gasteiger charge is 2.36. The fraction of sp³-hybridized carbons (Fsp3) is 0.0545. The molecule has 1 aliphatic heterocycles. The summed E-state index contributed by atoms with van der Waals surface area (Å²) in [4.78, 5) is 2.40. The zero-order chi connectivity index (χ0) is 38.1. The maximum Gasteiger partial charge on any atom is 0.159 e. The summed E-state index contributed by atoms with van der Waals surface area (Å²) in [5.41, 5.74) is 17.4. The van der Waals surface area contributed by atoms with Crippen LogP contribution in [0.3, 0.4) is 0 Å². The molecule has 0 aromatic heterocycles. The van der Waals surface area contributed by atoms with Crippen molar-refractivity contribution in [3.8, 4) is 67.1 Å². The second kappa shape index (κ2) is 13.0. The lowest BCUT2D eigenvalue weighted by Crippen LogP contribution is -2.17. The van der Waals surface area contributed by atoms with Gasteiger partial charge in [-0.3, -0.25) is 0 Å². The molecule has 0 atom stereocenters. The molecule has 0 saturated heterocycles. The van der Waals surface area contributed by atoms with Crippen molar-refractivity contribution in [1.82, 2.24) is 0 Å². The third kappa shape index (κ3) is 5.33. The molecular weight excluding hydrogens is 691 g/mol. The Labute approximate surface area is 333 Å². The van der Waals surface area contributed by atoms with Crippen LogP contribution in [-0.2, 0) is 5.41 Å². The van der Waals surface area contributed by atoms with Crippen LogP contribution in [0.5, 0.6) is 11.5 Å². The number of rotatable bonds is 5. The summed E-state index contributed by atoms with van der Waals surface area (Å²) in [6.45, 7) is 4.70. The number of ether oxygens (including phenoxy) is 1. The quantitative estimate of drug-likeness (QED) is 0.175. The van der Waals surface area contributed by atoms with Gasteiger partial charge >= 0.3 is 0 Å². The average Bonchev–Trinajstić information content (AvgIpc) is 3.39. The van der Waals surface area contributed by atoms with Crippen molar-refractivity contribution < 1.29 is 4.74 Å². The van der Waals surface area contributed by atoms with Crippen molar-refractivity contribution in [2.24, 2.45) is 0 Å². The Morgan fingerprint density at radius 2 is 0.982 bits per heavy atom. The molecule has 0 bridgehead atoms. The number of fused-ring (bicyclic) bond motifs is 9. The van der Waals surface area contributed by atoms with Crippen LogP contribution in [0, 0.1) is 0 Å². The van der Waals surface area contributed by atoms with Gasteiger partial charge in [-0.05, 0) is 103 Å². The molecule has 57 heavy (non-hydrogen) atoms. The van der Waals surface area contributed by atoms with Crippen LogP contribution in [0.2, 0.25) is 0 Å². The Kier molecular flexibility index (Phi) is 7.55. The number of para-hydroxylation sites is 1. The van der Waals surface area contributed by atoms with E-state index in [1.807, 2.05) is 0 Å². The third-order valence-corrected chi connectivity index (χ3v) is 12.0. The zero-order valence-corrected chi connectivity index (χ0v) is 31.9. The first-order valence-electron chi connectivity index (χ1n) is 19.8. The lowest BCUT2D eigenvalue weighted by Gasteiger charge is -2.30. The summed E-state index contributed by atoms with van der Waals surface area (Å²) in [5, 5.41) is 2.32. The molecule has 0 saturated carbocycles. The first kappa shape index (κ1) is 33.2. The van der Waals surface area contributed by atoms with E-state index in [1.165, 1.54) is 49.9 Å². The second-order valence-electron chi connectivity index (χ2n) is 15.7. The molecule has 9 aromatic rings. The second-order valence-corrected chi connectivity index (χ2v) is 15.7. The normalized spacial score (nSPS) is 13.0. The van der Waals surface area contributed by atoms with E-state index >= 15 is 0 Å². The van der Waals surface area contributed by atoms with Gasteiger partial charge in [0.05, 0.1) is 5.69 Å². The van der Waals surface area contributed by atoms with Gasteiger partial charge < -0.3 is 9.64 Å². The van der Waals surface area contributed by atoms with Crippen LogP contribution >= 0.6 is 0 Å². The highest BCUT2D eigenvalue weighted by Crippen LogP contribution is 2.56. The minimum absolute atomic E-state index is 0.156. The van der Waals surface area contributed by atoms with E-state index in [9.17, 15) is 0 Å². The molecule has 0 radical (unpaired) electrons. The Balaban J connectivity index is 1.19. The van der Waals surface area contributed by atoms with E-state index in [4.69, 9.17) is 4.74 Å². The summed E-state index contributed by atoms with van der Waals surface area (Å²) in [6, 6.07) is 72.5. The number of hydrogen-bond acceptors (Lipinski definition) is 2. The van der Waals surface area contributed by atoms with Gasteiger partial charge in [0.25, 0.3) is 0 Å². The standard InChI is InChI=1S/C55H39NO/c1-55(2)49-28-12-11-24-44(49)45-31-30-42(35-50(45)55)56(41-23-13-22-38(32-41)36-16-5-3-6-17-36)51-29-15-27-47-46-26-14-25-43(37-18-7-4-8-19-37)53(46)48-33-39-20-9-10-21-40(39)34-52(48)57-54(47)51/h3-35H,1-2H3. The van der Waals surface area contributed by atoms with Gasteiger partial charge in [0, 0.05) is 33.5 Å². The van der Waals surface area contributed by atoms with E-state index in [-0.39, 0.29) is 5.41 Å². The summed E-state index contributed by atoms with van der Waals surface area (Å²) in [6.07, 6.45) is 0. The summed E-state index contributed by atoms with van der Waals surface area (Å²) >= 11 is 0. The lowest BCUT2D eigenvalue weighted by atomic mass is 9.82. The molecule has 11 rings (SSSR count). The first-order valence-corrected chi connectivity index (χ1v) is 19.8. The molecular formula is C55H39NO. The van der Waals surface area contributed by atoms with Crippen molar-refractivity contribution in [3.63, 3.8) is 0 Å². The maximum atomic E-state index is 7.40.